The van der Waals surface area contributed by atoms with Crippen molar-refractivity contribution in [3.63, 3.8) is 0 Å². The third-order valence-corrected chi connectivity index (χ3v) is 4.49. The van der Waals surface area contributed by atoms with Gasteiger partial charge >= 0.3 is 0 Å². The van der Waals surface area contributed by atoms with E-state index in [1.807, 2.05) is 53.1 Å². The summed E-state index contributed by atoms with van der Waals surface area (Å²) in [7, 11) is 0. The summed E-state index contributed by atoms with van der Waals surface area (Å²) in [6.07, 6.45) is 1.79. The molecule has 146 valence electrons. The zero-order chi connectivity index (χ0) is 20.2. The largest absolute Gasteiger partial charge is 0.325 e. The molecule has 0 unspecified atom stereocenters. The number of halogens is 2. The van der Waals surface area contributed by atoms with E-state index in [1.54, 1.807) is 6.33 Å². The lowest BCUT2D eigenvalue weighted by atomic mass is 10.2. The molecule has 0 atom stereocenters. The molecule has 0 aliphatic heterocycles. The molecule has 4 rings (SSSR count). The molecular formula is C22H18F2N4O. The second-order valence-corrected chi connectivity index (χ2v) is 6.55. The number of hydrogen-bond acceptors (Lipinski definition) is 3. The first-order chi connectivity index (χ1) is 14.1. The molecule has 0 bridgehead atoms. The number of nitrogens with one attached hydrogen (secondary N) is 2. The first-order valence-corrected chi connectivity index (χ1v) is 9.07. The van der Waals surface area contributed by atoms with Gasteiger partial charge in [0.15, 0.2) is 11.6 Å². The predicted octanol–water partition coefficient (Wildman–Crippen LogP) is 4.03. The van der Waals surface area contributed by atoms with Crippen LogP contribution in [0.15, 0.2) is 73.1 Å². The highest BCUT2D eigenvalue weighted by Crippen LogP contribution is 2.18. The van der Waals surface area contributed by atoms with E-state index in [2.05, 4.69) is 15.6 Å². The topological polar surface area (TPSA) is 59.0 Å². The van der Waals surface area contributed by atoms with Crippen LogP contribution in [0.3, 0.4) is 0 Å². The van der Waals surface area contributed by atoms with Gasteiger partial charge in [0, 0.05) is 24.0 Å². The molecule has 4 aromatic rings. The van der Waals surface area contributed by atoms with Crippen molar-refractivity contribution in [1.29, 1.82) is 0 Å². The fourth-order valence-electron chi connectivity index (χ4n) is 3.04. The van der Waals surface area contributed by atoms with Crippen LogP contribution in [0, 0.1) is 11.6 Å². The van der Waals surface area contributed by atoms with Crippen LogP contribution in [0.25, 0.3) is 16.7 Å². The Morgan fingerprint density at radius 2 is 1.76 bits per heavy atom. The summed E-state index contributed by atoms with van der Waals surface area (Å²) >= 11 is 0. The summed E-state index contributed by atoms with van der Waals surface area (Å²) in [5.41, 5.74) is 4.20. The van der Waals surface area contributed by atoms with Crippen molar-refractivity contribution < 1.29 is 13.6 Å². The minimum Gasteiger partial charge on any atom is -0.325 e. The second kappa shape index (κ2) is 8.20. The molecule has 3 aromatic carbocycles. The van der Waals surface area contributed by atoms with Crippen molar-refractivity contribution in [3.8, 4) is 5.69 Å². The Kier molecular flexibility index (Phi) is 5.31. The maximum absolute atomic E-state index is 13.2. The van der Waals surface area contributed by atoms with Crippen molar-refractivity contribution in [1.82, 2.24) is 14.9 Å². The molecule has 7 heteroatoms. The molecule has 29 heavy (non-hydrogen) atoms. The van der Waals surface area contributed by atoms with Gasteiger partial charge in [0.2, 0.25) is 5.91 Å². The lowest BCUT2D eigenvalue weighted by molar-refractivity contribution is -0.115. The van der Waals surface area contributed by atoms with Gasteiger partial charge in [-0.2, -0.15) is 0 Å². The van der Waals surface area contributed by atoms with Gasteiger partial charge in [-0.3, -0.25) is 9.36 Å². The summed E-state index contributed by atoms with van der Waals surface area (Å²) in [6, 6.07) is 19.1. The summed E-state index contributed by atoms with van der Waals surface area (Å²) in [6.45, 7) is 0.545. The number of rotatable bonds is 6. The molecule has 0 saturated carbocycles. The molecule has 2 N–H and O–H groups in total. The van der Waals surface area contributed by atoms with E-state index in [1.165, 1.54) is 6.07 Å². The molecule has 0 aliphatic carbocycles. The van der Waals surface area contributed by atoms with Crippen LogP contribution in [-0.4, -0.2) is 22.0 Å². The number of imidazole rings is 1. The highest BCUT2D eigenvalue weighted by Gasteiger charge is 2.07. The number of anilines is 1. The standard InChI is InChI=1S/C22H18F2N4O/c23-18-10-7-16(11-19(18)24)27-22(29)13-25-12-15-5-8-17(9-6-15)28-14-26-20-3-1-2-4-21(20)28/h1-11,14,25H,12-13H2,(H,27,29). The van der Waals surface area contributed by atoms with Crippen LogP contribution in [0.2, 0.25) is 0 Å². The molecule has 0 radical (unpaired) electrons. The molecule has 0 spiro atoms. The fraction of sp³-hybridized carbons (Fsp3) is 0.0909. The van der Waals surface area contributed by atoms with Gasteiger partial charge in [-0.1, -0.05) is 24.3 Å². The Bertz CT molecular complexity index is 1160. The first-order valence-electron chi connectivity index (χ1n) is 9.07. The molecule has 0 aliphatic rings. The maximum Gasteiger partial charge on any atom is 0.238 e. The number of aromatic nitrogens is 2. The number of carbonyl (C=O) groups is 1. The molecule has 1 aromatic heterocycles. The summed E-state index contributed by atoms with van der Waals surface area (Å²) < 4.78 is 28.1. The van der Waals surface area contributed by atoms with Crippen LogP contribution in [-0.2, 0) is 11.3 Å². The molecule has 0 fully saturated rings. The number of para-hydroxylation sites is 2. The summed E-state index contributed by atoms with van der Waals surface area (Å²) in [4.78, 5) is 16.3. The first kappa shape index (κ1) is 18.8. The number of carbonyl (C=O) groups excluding carboxylic acids is 1. The fourth-order valence-corrected chi connectivity index (χ4v) is 3.04. The quantitative estimate of drug-likeness (QED) is 0.521. The maximum atomic E-state index is 13.2. The zero-order valence-electron chi connectivity index (χ0n) is 15.4. The Morgan fingerprint density at radius 1 is 0.966 bits per heavy atom. The number of fused-ring (bicyclic) bond motifs is 1. The van der Waals surface area contributed by atoms with Crippen molar-refractivity contribution >= 4 is 22.6 Å². The molecule has 5 nitrogen and oxygen atoms in total. The average Bonchev–Trinajstić information content (AvgIpc) is 3.15. The Balaban J connectivity index is 1.32. The monoisotopic (exact) mass is 392 g/mol. The van der Waals surface area contributed by atoms with Crippen LogP contribution >= 0.6 is 0 Å². The van der Waals surface area contributed by atoms with Crippen LogP contribution < -0.4 is 10.6 Å². The second-order valence-electron chi connectivity index (χ2n) is 6.55. The molecule has 1 heterocycles. The van der Waals surface area contributed by atoms with Gasteiger partial charge in [-0.15, -0.1) is 0 Å². The van der Waals surface area contributed by atoms with E-state index in [9.17, 15) is 13.6 Å². The molecule has 0 saturated heterocycles. The average molecular weight is 392 g/mol. The number of nitrogens with zero attached hydrogens (tertiary/aromatic N) is 2. The van der Waals surface area contributed by atoms with E-state index in [0.717, 1.165) is 34.4 Å². The van der Waals surface area contributed by atoms with Crippen molar-refractivity contribution in [3.05, 3.63) is 90.3 Å². The minimum atomic E-state index is -0.999. The van der Waals surface area contributed by atoms with E-state index in [0.29, 0.717) is 6.54 Å². The van der Waals surface area contributed by atoms with Gasteiger partial charge in [-0.25, -0.2) is 13.8 Å². The number of amides is 1. The molecule has 1 amide bonds. The smallest absolute Gasteiger partial charge is 0.238 e. The SMILES string of the molecule is O=C(CNCc1ccc(-n2cnc3ccccc32)cc1)Nc1ccc(F)c(F)c1. The third-order valence-electron chi connectivity index (χ3n) is 4.49. The number of benzene rings is 3. The van der Waals surface area contributed by atoms with Crippen LogP contribution in [0.4, 0.5) is 14.5 Å². The van der Waals surface area contributed by atoms with E-state index in [-0.39, 0.29) is 18.1 Å². The Labute approximate surface area is 166 Å². The van der Waals surface area contributed by atoms with E-state index in [4.69, 9.17) is 0 Å². The minimum absolute atomic E-state index is 0.0485. The van der Waals surface area contributed by atoms with E-state index >= 15 is 0 Å². The van der Waals surface area contributed by atoms with Gasteiger partial charge in [0.05, 0.1) is 17.6 Å². The highest BCUT2D eigenvalue weighted by molar-refractivity contribution is 5.92. The summed E-state index contributed by atoms with van der Waals surface area (Å²) in [5, 5.41) is 5.56. The van der Waals surface area contributed by atoms with Crippen molar-refractivity contribution in [2.75, 3.05) is 11.9 Å². The van der Waals surface area contributed by atoms with Crippen LogP contribution in [0.1, 0.15) is 5.56 Å². The zero-order valence-corrected chi connectivity index (χ0v) is 15.4. The molecular weight excluding hydrogens is 374 g/mol. The normalized spacial score (nSPS) is 11.0. The Morgan fingerprint density at radius 3 is 2.55 bits per heavy atom. The van der Waals surface area contributed by atoms with Crippen LogP contribution in [0.5, 0.6) is 0 Å². The van der Waals surface area contributed by atoms with Gasteiger partial charge < -0.3 is 10.6 Å². The van der Waals surface area contributed by atoms with Gasteiger partial charge in [0.1, 0.15) is 6.33 Å². The van der Waals surface area contributed by atoms with Crippen molar-refractivity contribution in [2.24, 2.45) is 0 Å². The van der Waals surface area contributed by atoms with Crippen molar-refractivity contribution in [2.45, 2.75) is 6.54 Å². The lowest BCUT2D eigenvalue weighted by Gasteiger charge is -2.09. The van der Waals surface area contributed by atoms with Gasteiger partial charge in [-0.05, 0) is 42.0 Å². The van der Waals surface area contributed by atoms with Gasteiger partial charge in [0.25, 0.3) is 0 Å². The highest BCUT2D eigenvalue weighted by atomic mass is 19.2. The van der Waals surface area contributed by atoms with E-state index < -0.39 is 11.6 Å². The number of hydrogen-bond donors (Lipinski definition) is 2. The third kappa shape index (κ3) is 4.30. The summed E-state index contributed by atoms with van der Waals surface area (Å²) in [5.74, 6) is -2.28. The Hall–Kier alpha value is -3.58. The predicted molar refractivity (Wildman–Crippen MR) is 108 cm³/mol. The lowest BCUT2D eigenvalue weighted by Crippen LogP contribution is -2.27.